The van der Waals surface area contributed by atoms with Crippen molar-refractivity contribution < 1.29 is 9.53 Å². The van der Waals surface area contributed by atoms with Crippen molar-refractivity contribution in [3.63, 3.8) is 0 Å². The van der Waals surface area contributed by atoms with Crippen LogP contribution >= 0.6 is 24.0 Å². The molecule has 0 bridgehead atoms. The summed E-state index contributed by atoms with van der Waals surface area (Å²) in [6, 6.07) is 10.7. The summed E-state index contributed by atoms with van der Waals surface area (Å²) in [5.74, 6) is 1.46. The third kappa shape index (κ3) is 5.81. The van der Waals surface area contributed by atoms with Crippen molar-refractivity contribution in [1.29, 1.82) is 0 Å². The molecular formula is C20H31IN4O2. The number of aliphatic imine (C=N–C) groups is 1. The van der Waals surface area contributed by atoms with Crippen molar-refractivity contribution in [3.05, 3.63) is 35.9 Å². The summed E-state index contributed by atoms with van der Waals surface area (Å²) >= 11 is 0. The van der Waals surface area contributed by atoms with Gasteiger partial charge in [0.1, 0.15) is 0 Å². The van der Waals surface area contributed by atoms with Crippen LogP contribution in [0, 0.1) is 5.92 Å². The summed E-state index contributed by atoms with van der Waals surface area (Å²) in [4.78, 5) is 18.1. The van der Waals surface area contributed by atoms with E-state index in [4.69, 9.17) is 4.74 Å². The Morgan fingerprint density at radius 2 is 2.07 bits per heavy atom. The van der Waals surface area contributed by atoms with Gasteiger partial charge in [-0.3, -0.25) is 9.79 Å². The molecule has 7 heteroatoms. The van der Waals surface area contributed by atoms with Crippen LogP contribution in [0.3, 0.4) is 0 Å². The lowest BCUT2D eigenvalue weighted by Crippen LogP contribution is -2.46. The predicted molar refractivity (Wildman–Crippen MR) is 118 cm³/mol. The van der Waals surface area contributed by atoms with E-state index >= 15 is 0 Å². The number of hydrogen-bond acceptors (Lipinski definition) is 3. The molecule has 3 atom stereocenters. The highest BCUT2D eigenvalue weighted by atomic mass is 127. The number of hydrogen-bond donors (Lipinski definition) is 2. The highest BCUT2D eigenvalue weighted by Gasteiger charge is 2.30. The molecule has 0 aromatic heterocycles. The lowest BCUT2D eigenvalue weighted by atomic mass is 9.95. The van der Waals surface area contributed by atoms with E-state index in [-0.39, 0.29) is 42.0 Å². The van der Waals surface area contributed by atoms with Crippen molar-refractivity contribution in [2.75, 3.05) is 33.3 Å². The first-order chi connectivity index (χ1) is 12.7. The Morgan fingerprint density at radius 1 is 1.30 bits per heavy atom. The Kier molecular flexibility index (Phi) is 8.82. The van der Waals surface area contributed by atoms with Crippen LogP contribution in [0.25, 0.3) is 0 Å². The molecule has 6 nitrogen and oxygen atoms in total. The smallest absolute Gasteiger partial charge is 0.222 e. The zero-order valence-corrected chi connectivity index (χ0v) is 18.5. The minimum absolute atomic E-state index is 0. The molecule has 2 aliphatic heterocycles. The number of likely N-dealkylation sites (tertiary alicyclic amines) is 1. The molecule has 0 aliphatic carbocycles. The van der Waals surface area contributed by atoms with Crippen LogP contribution in [0.15, 0.2) is 35.3 Å². The van der Waals surface area contributed by atoms with Crippen LogP contribution in [0.1, 0.15) is 37.9 Å². The largest absolute Gasteiger partial charge is 0.373 e. The number of amides is 1. The second-order valence-corrected chi connectivity index (χ2v) is 7.03. The maximum Gasteiger partial charge on any atom is 0.222 e. The summed E-state index contributed by atoms with van der Waals surface area (Å²) in [5, 5.41) is 6.91. The van der Waals surface area contributed by atoms with E-state index in [1.165, 1.54) is 5.56 Å². The minimum atomic E-state index is 0. The Balaban J connectivity index is 0.00000261. The van der Waals surface area contributed by atoms with Gasteiger partial charge in [-0.15, -0.1) is 24.0 Å². The van der Waals surface area contributed by atoms with E-state index in [0.717, 1.165) is 45.0 Å². The molecule has 2 aliphatic rings. The quantitative estimate of drug-likeness (QED) is 0.382. The van der Waals surface area contributed by atoms with E-state index in [1.807, 2.05) is 17.9 Å². The molecule has 1 aromatic carbocycles. The zero-order valence-electron chi connectivity index (χ0n) is 16.2. The molecule has 3 unspecified atom stereocenters. The van der Waals surface area contributed by atoms with E-state index in [9.17, 15) is 4.79 Å². The number of rotatable bonds is 5. The Labute approximate surface area is 179 Å². The molecule has 27 heavy (non-hydrogen) atoms. The topological polar surface area (TPSA) is 66.0 Å². The molecular weight excluding hydrogens is 455 g/mol. The molecule has 2 saturated heterocycles. The first-order valence-corrected chi connectivity index (χ1v) is 9.62. The summed E-state index contributed by atoms with van der Waals surface area (Å²) < 4.78 is 5.96. The number of ether oxygens (including phenoxy) is 1. The van der Waals surface area contributed by atoms with Gasteiger partial charge in [-0.2, -0.15) is 0 Å². The molecule has 0 saturated carbocycles. The molecule has 150 valence electrons. The fourth-order valence-corrected chi connectivity index (χ4v) is 3.80. The van der Waals surface area contributed by atoms with Crippen LogP contribution in [-0.2, 0) is 9.53 Å². The van der Waals surface area contributed by atoms with Crippen molar-refractivity contribution >= 4 is 35.8 Å². The number of nitrogens with zero attached hydrogens (tertiary/aromatic N) is 2. The van der Waals surface area contributed by atoms with Gasteiger partial charge in [0, 0.05) is 51.7 Å². The van der Waals surface area contributed by atoms with Gasteiger partial charge in [0.2, 0.25) is 5.91 Å². The first-order valence-electron chi connectivity index (χ1n) is 9.62. The molecule has 1 amide bonds. The zero-order chi connectivity index (χ0) is 18.4. The van der Waals surface area contributed by atoms with E-state index < -0.39 is 0 Å². The number of carbonyl (C=O) groups is 1. The van der Waals surface area contributed by atoms with Gasteiger partial charge in [0.05, 0.1) is 6.10 Å². The Morgan fingerprint density at radius 3 is 2.78 bits per heavy atom. The monoisotopic (exact) mass is 486 g/mol. The van der Waals surface area contributed by atoms with Gasteiger partial charge in [0.15, 0.2) is 5.96 Å². The molecule has 2 heterocycles. The third-order valence-corrected chi connectivity index (χ3v) is 5.28. The van der Waals surface area contributed by atoms with Gasteiger partial charge in [-0.1, -0.05) is 37.3 Å². The predicted octanol–water partition coefficient (Wildman–Crippen LogP) is 2.56. The second-order valence-electron chi connectivity index (χ2n) is 7.03. The fraction of sp³-hybridized carbons (Fsp3) is 0.600. The molecule has 1 aromatic rings. The van der Waals surface area contributed by atoms with Crippen LogP contribution < -0.4 is 10.6 Å². The van der Waals surface area contributed by atoms with Crippen LogP contribution in [0.2, 0.25) is 0 Å². The lowest BCUT2D eigenvalue weighted by molar-refractivity contribution is -0.129. The van der Waals surface area contributed by atoms with Crippen molar-refractivity contribution in [2.24, 2.45) is 10.9 Å². The lowest BCUT2D eigenvalue weighted by Gasteiger charge is -2.22. The summed E-state index contributed by atoms with van der Waals surface area (Å²) in [6.45, 7) is 5.12. The standard InChI is InChI=1S/C20H30N4O2.HI/c1-3-18(25)24-11-9-17(14-24)23-20(21-2)22-13-16-10-12-26-19(16)15-7-5-4-6-8-15;/h4-8,16-17,19H,3,9-14H2,1-2H3,(H2,21,22,23);1H. The summed E-state index contributed by atoms with van der Waals surface area (Å²) in [6.07, 6.45) is 2.73. The van der Waals surface area contributed by atoms with Gasteiger partial charge >= 0.3 is 0 Å². The van der Waals surface area contributed by atoms with Crippen LogP contribution in [-0.4, -0.2) is 56.1 Å². The Hall–Kier alpha value is -1.35. The maximum atomic E-state index is 11.8. The maximum absolute atomic E-state index is 11.8. The fourth-order valence-electron chi connectivity index (χ4n) is 3.80. The van der Waals surface area contributed by atoms with Crippen molar-refractivity contribution in [1.82, 2.24) is 15.5 Å². The number of carbonyl (C=O) groups excluding carboxylic acids is 1. The highest BCUT2D eigenvalue weighted by Crippen LogP contribution is 2.33. The number of guanidine groups is 1. The average Bonchev–Trinajstić information content (AvgIpc) is 3.34. The molecule has 3 rings (SSSR count). The number of halogens is 1. The molecule has 2 fully saturated rings. The number of benzene rings is 1. The average molecular weight is 486 g/mol. The second kappa shape index (κ2) is 10.8. The summed E-state index contributed by atoms with van der Waals surface area (Å²) in [7, 11) is 1.79. The first kappa shape index (κ1) is 21.9. The van der Waals surface area contributed by atoms with Gasteiger partial charge in [-0.25, -0.2) is 0 Å². The SMILES string of the molecule is CCC(=O)N1CCC(NC(=NC)NCC2CCOC2c2ccccc2)C1.I. The Bertz CT molecular complexity index is 626. The minimum Gasteiger partial charge on any atom is -0.373 e. The number of nitrogens with one attached hydrogen (secondary N) is 2. The van der Waals surface area contributed by atoms with Crippen LogP contribution in [0.4, 0.5) is 0 Å². The van der Waals surface area contributed by atoms with E-state index in [0.29, 0.717) is 12.3 Å². The molecule has 0 spiro atoms. The van der Waals surface area contributed by atoms with Gasteiger partial charge < -0.3 is 20.3 Å². The van der Waals surface area contributed by atoms with E-state index in [2.05, 4.69) is 39.9 Å². The van der Waals surface area contributed by atoms with Crippen LogP contribution in [0.5, 0.6) is 0 Å². The third-order valence-electron chi connectivity index (χ3n) is 5.28. The summed E-state index contributed by atoms with van der Waals surface area (Å²) in [5.41, 5.74) is 1.24. The normalized spacial score (nSPS) is 25.2. The van der Waals surface area contributed by atoms with Crippen molar-refractivity contribution in [2.45, 2.75) is 38.3 Å². The van der Waals surface area contributed by atoms with Crippen molar-refractivity contribution in [3.8, 4) is 0 Å². The van der Waals surface area contributed by atoms with Gasteiger partial charge in [-0.05, 0) is 18.4 Å². The van der Waals surface area contributed by atoms with E-state index in [1.54, 1.807) is 7.05 Å². The highest BCUT2D eigenvalue weighted by molar-refractivity contribution is 14.0. The molecule has 0 radical (unpaired) electrons. The van der Waals surface area contributed by atoms with Gasteiger partial charge in [0.25, 0.3) is 0 Å². The molecule has 2 N–H and O–H groups in total.